The molecule has 0 unspecified atom stereocenters. The summed E-state index contributed by atoms with van der Waals surface area (Å²) in [5, 5.41) is 7.14. The van der Waals surface area contributed by atoms with Gasteiger partial charge in [-0.05, 0) is 30.6 Å². The largest absolute Gasteiger partial charge is 0.351 e. The highest BCUT2D eigenvalue weighted by molar-refractivity contribution is 7.98. The molecule has 0 fully saturated rings. The van der Waals surface area contributed by atoms with Gasteiger partial charge in [0, 0.05) is 18.3 Å². The standard InChI is InChI=1S/C15H20N4OS/c1-21-8-7-14(16)15(20)17-9-12-10-18-19(11-12)13-5-3-2-4-6-13/h2-6,10-11,14H,7-9,16H2,1H3,(H,17,20)/t14-/m0/s1. The van der Waals surface area contributed by atoms with Crippen molar-refractivity contribution in [3.05, 3.63) is 48.3 Å². The van der Waals surface area contributed by atoms with E-state index in [0.29, 0.717) is 13.0 Å². The van der Waals surface area contributed by atoms with Crippen LogP contribution >= 0.6 is 11.8 Å². The summed E-state index contributed by atoms with van der Waals surface area (Å²) in [5.41, 5.74) is 7.76. The van der Waals surface area contributed by atoms with Gasteiger partial charge in [-0.15, -0.1) is 0 Å². The maximum atomic E-state index is 11.8. The summed E-state index contributed by atoms with van der Waals surface area (Å²) >= 11 is 1.69. The van der Waals surface area contributed by atoms with Gasteiger partial charge in [-0.2, -0.15) is 16.9 Å². The molecule has 2 aromatic rings. The molecule has 0 saturated heterocycles. The number of nitrogens with zero attached hydrogens (tertiary/aromatic N) is 2. The second-order valence-corrected chi connectivity index (χ2v) is 5.72. The molecule has 1 aromatic heterocycles. The van der Waals surface area contributed by atoms with Crippen LogP contribution < -0.4 is 11.1 Å². The van der Waals surface area contributed by atoms with Crippen molar-refractivity contribution in [2.24, 2.45) is 5.73 Å². The van der Waals surface area contributed by atoms with Gasteiger partial charge in [-0.1, -0.05) is 18.2 Å². The van der Waals surface area contributed by atoms with Crippen molar-refractivity contribution in [3.63, 3.8) is 0 Å². The van der Waals surface area contributed by atoms with Crippen LogP contribution in [-0.4, -0.2) is 33.7 Å². The average molecular weight is 304 g/mol. The fraction of sp³-hybridized carbons (Fsp3) is 0.333. The molecule has 5 nitrogen and oxygen atoms in total. The summed E-state index contributed by atoms with van der Waals surface area (Å²) in [6.45, 7) is 0.443. The minimum atomic E-state index is -0.443. The van der Waals surface area contributed by atoms with E-state index in [-0.39, 0.29) is 5.91 Å². The zero-order valence-electron chi connectivity index (χ0n) is 12.0. The van der Waals surface area contributed by atoms with Crippen LogP contribution in [0.1, 0.15) is 12.0 Å². The second-order valence-electron chi connectivity index (χ2n) is 4.73. The normalized spacial score (nSPS) is 12.1. The molecule has 1 heterocycles. The van der Waals surface area contributed by atoms with Crippen LogP contribution in [0.25, 0.3) is 5.69 Å². The zero-order chi connectivity index (χ0) is 15.1. The molecule has 1 atom stereocenters. The molecule has 0 aliphatic rings. The Bertz CT molecular complexity index is 570. The molecule has 0 aliphatic heterocycles. The van der Waals surface area contributed by atoms with Crippen molar-refractivity contribution in [1.29, 1.82) is 0 Å². The van der Waals surface area contributed by atoms with Crippen molar-refractivity contribution >= 4 is 17.7 Å². The van der Waals surface area contributed by atoms with Gasteiger partial charge in [0.2, 0.25) is 5.91 Å². The number of amides is 1. The van der Waals surface area contributed by atoms with Crippen molar-refractivity contribution in [2.75, 3.05) is 12.0 Å². The molecule has 21 heavy (non-hydrogen) atoms. The lowest BCUT2D eigenvalue weighted by molar-refractivity contribution is -0.122. The van der Waals surface area contributed by atoms with Crippen molar-refractivity contribution < 1.29 is 4.79 Å². The Labute approximate surface area is 128 Å². The number of rotatable bonds is 7. The van der Waals surface area contributed by atoms with Crippen LogP contribution in [-0.2, 0) is 11.3 Å². The van der Waals surface area contributed by atoms with Gasteiger partial charge in [-0.3, -0.25) is 4.79 Å². The quantitative estimate of drug-likeness (QED) is 0.814. The highest BCUT2D eigenvalue weighted by Crippen LogP contribution is 2.07. The number of hydrogen-bond donors (Lipinski definition) is 2. The van der Waals surface area contributed by atoms with Crippen molar-refractivity contribution in [1.82, 2.24) is 15.1 Å². The predicted molar refractivity (Wildman–Crippen MR) is 86.4 cm³/mol. The molecule has 3 N–H and O–H groups in total. The van der Waals surface area contributed by atoms with Crippen LogP contribution in [0.3, 0.4) is 0 Å². The molecule has 0 aliphatic carbocycles. The third kappa shape index (κ3) is 4.61. The van der Waals surface area contributed by atoms with Gasteiger partial charge >= 0.3 is 0 Å². The Morgan fingerprint density at radius 2 is 2.19 bits per heavy atom. The number of carbonyl (C=O) groups excluding carboxylic acids is 1. The van der Waals surface area contributed by atoms with E-state index in [1.807, 2.05) is 42.8 Å². The van der Waals surface area contributed by atoms with Crippen LogP contribution in [0.5, 0.6) is 0 Å². The molecule has 0 radical (unpaired) electrons. The van der Waals surface area contributed by atoms with Gasteiger partial charge in [0.1, 0.15) is 0 Å². The molecule has 0 saturated carbocycles. The molecule has 0 spiro atoms. The smallest absolute Gasteiger partial charge is 0.237 e. The molecule has 6 heteroatoms. The van der Waals surface area contributed by atoms with E-state index >= 15 is 0 Å². The van der Waals surface area contributed by atoms with Gasteiger partial charge in [0.25, 0.3) is 0 Å². The van der Waals surface area contributed by atoms with Gasteiger partial charge in [-0.25, -0.2) is 4.68 Å². The molecule has 1 aromatic carbocycles. The Morgan fingerprint density at radius 3 is 2.90 bits per heavy atom. The Morgan fingerprint density at radius 1 is 1.43 bits per heavy atom. The average Bonchev–Trinajstić information content (AvgIpc) is 3.00. The van der Waals surface area contributed by atoms with Crippen molar-refractivity contribution in [2.45, 2.75) is 19.0 Å². The van der Waals surface area contributed by atoms with E-state index in [1.165, 1.54) is 0 Å². The number of nitrogens with two attached hydrogens (primary N) is 1. The monoisotopic (exact) mass is 304 g/mol. The summed E-state index contributed by atoms with van der Waals surface area (Å²) in [6, 6.07) is 9.40. The van der Waals surface area contributed by atoms with Crippen molar-refractivity contribution in [3.8, 4) is 5.69 Å². The zero-order valence-corrected chi connectivity index (χ0v) is 12.8. The SMILES string of the molecule is CSCC[C@H](N)C(=O)NCc1cnn(-c2ccccc2)c1. The topological polar surface area (TPSA) is 72.9 Å². The number of carbonyl (C=O) groups is 1. The number of thioether (sulfide) groups is 1. The third-order valence-corrected chi connectivity index (χ3v) is 3.74. The van der Waals surface area contributed by atoms with Crippen LogP contribution in [0.2, 0.25) is 0 Å². The van der Waals surface area contributed by atoms with E-state index < -0.39 is 6.04 Å². The number of aromatic nitrogens is 2. The Hall–Kier alpha value is -1.79. The minimum Gasteiger partial charge on any atom is -0.351 e. The number of benzene rings is 1. The molecule has 1 amide bonds. The maximum absolute atomic E-state index is 11.8. The highest BCUT2D eigenvalue weighted by atomic mass is 32.2. The molecule has 112 valence electrons. The van der Waals surface area contributed by atoms with Gasteiger partial charge < -0.3 is 11.1 Å². The summed E-state index contributed by atoms with van der Waals surface area (Å²) in [6.07, 6.45) is 6.35. The van der Waals surface area contributed by atoms with E-state index in [2.05, 4.69) is 10.4 Å². The van der Waals surface area contributed by atoms with E-state index in [9.17, 15) is 4.79 Å². The van der Waals surface area contributed by atoms with Crippen LogP contribution in [0.15, 0.2) is 42.7 Å². The maximum Gasteiger partial charge on any atom is 0.237 e. The predicted octanol–water partition coefficient (Wildman–Crippen LogP) is 1.57. The first kappa shape index (κ1) is 15.6. The van der Waals surface area contributed by atoms with Gasteiger partial charge in [0.15, 0.2) is 0 Å². The van der Waals surface area contributed by atoms with Gasteiger partial charge in [0.05, 0.1) is 17.9 Å². The highest BCUT2D eigenvalue weighted by Gasteiger charge is 2.12. The van der Waals surface area contributed by atoms with Crippen LogP contribution in [0.4, 0.5) is 0 Å². The molecule has 0 bridgehead atoms. The number of nitrogens with one attached hydrogen (secondary N) is 1. The first-order valence-corrected chi connectivity index (χ1v) is 8.21. The second kappa shape index (κ2) is 7.85. The molecular formula is C15H20N4OS. The fourth-order valence-electron chi connectivity index (χ4n) is 1.87. The Balaban J connectivity index is 1.87. The number of hydrogen-bond acceptors (Lipinski definition) is 4. The fourth-order valence-corrected chi connectivity index (χ4v) is 2.36. The Kier molecular flexibility index (Phi) is 5.83. The van der Waals surface area contributed by atoms with E-state index in [0.717, 1.165) is 17.0 Å². The first-order valence-electron chi connectivity index (χ1n) is 6.82. The summed E-state index contributed by atoms with van der Waals surface area (Å²) < 4.78 is 1.79. The minimum absolute atomic E-state index is 0.114. The summed E-state index contributed by atoms with van der Waals surface area (Å²) in [5.74, 6) is 0.775. The lowest BCUT2D eigenvalue weighted by Crippen LogP contribution is -2.40. The van der Waals surface area contributed by atoms with E-state index in [4.69, 9.17) is 5.73 Å². The van der Waals surface area contributed by atoms with E-state index in [1.54, 1.807) is 22.6 Å². The molecule has 2 rings (SSSR count). The lowest BCUT2D eigenvalue weighted by atomic mass is 10.2. The third-order valence-electron chi connectivity index (χ3n) is 3.09. The lowest BCUT2D eigenvalue weighted by Gasteiger charge is -2.10. The summed E-state index contributed by atoms with van der Waals surface area (Å²) in [7, 11) is 0. The first-order chi connectivity index (χ1) is 10.2. The summed E-state index contributed by atoms with van der Waals surface area (Å²) in [4.78, 5) is 11.8. The number of para-hydroxylation sites is 1. The van der Waals surface area contributed by atoms with Crippen LogP contribution in [0, 0.1) is 0 Å². The molecular weight excluding hydrogens is 284 g/mol.